The number of rotatable bonds is 48. The van der Waals surface area contributed by atoms with Crippen molar-refractivity contribution < 1.29 is 42.9 Å². The second kappa shape index (κ2) is 45.3. The van der Waals surface area contributed by atoms with Crippen LogP contribution < -0.4 is 0 Å². The molecule has 2 unspecified atom stereocenters. The van der Waals surface area contributed by atoms with E-state index < -0.39 is 24.3 Å². The predicted molar refractivity (Wildman–Crippen MR) is 258 cm³/mol. The average Bonchev–Trinajstić information content (AvgIpc) is 3.23. The molecule has 0 radical (unpaired) electrons. The van der Waals surface area contributed by atoms with Crippen molar-refractivity contribution in [1.29, 1.82) is 0 Å². The molecular formula is C53H100NO8+. The number of esters is 2. The number of quaternary nitrogens is 1. The van der Waals surface area contributed by atoms with Crippen molar-refractivity contribution in [3.05, 3.63) is 24.3 Å². The van der Waals surface area contributed by atoms with Crippen LogP contribution in [0.2, 0.25) is 0 Å². The molecule has 364 valence electrons. The molecule has 62 heavy (non-hydrogen) atoms. The summed E-state index contributed by atoms with van der Waals surface area (Å²) in [5.74, 6) is -2.01. The van der Waals surface area contributed by atoms with Gasteiger partial charge in [0.15, 0.2) is 6.10 Å². The number of carbonyl (C=O) groups excluding carboxylic acids is 2. The van der Waals surface area contributed by atoms with Gasteiger partial charge in [-0.05, 0) is 44.9 Å². The lowest BCUT2D eigenvalue weighted by molar-refractivity contribution is -0.870. The second-order valence-corrected chi connectivity index (χ2v) is 18.8. The Balaban J connectivity index is 4.27. The zero-order valence-corrected chi connectivity index (χ0v) is 41.3. The molecule has 0 aliphatic carbocycles. The average molecular weight is 879 g/mol. The van der Waals surface area contributed by atoms with Crippen molar-refractivity contribution in [2.45, 2.75) is 251 Å². The molecule has 9 nitrogen and oxygen atoms in total. The van der Waals surface area contributed by atoms with Crippen LogP contribution in [0.1, 0.15) is 239 Å². The molecule has 0 saturated carbocycles. The smallest absolute Gasteiger partial charge is 0.361 e. The number of allylic oxidation sites excluding steroid dienone is 4. The number of nitrogens with zero attached hydrogens (tertiary/aromatic N) is 1. The van der Waals surface area contributed by atoms with Crippen molar-refractivity contribution >= 4 is 17.9 Å². The Labute approximate surface area is 382 Å². The third-order valence-electron chi connectivity index (χ3n) is 11.5. The minimum Gasteiger partial charge on any atom is -0.477 e. The van der Waals surface area contributed by atoms with E-state index in [4.69, 9.17) is 18.9 Å². The summed E-state index contributed by atoms with van der Waals surface area (Å²) in [6, 6.07) is 0. The molecule has 0 aromatic heterocycles. The van der Waals surface area contributed by atoms with E-state index in [1.807, 2.05) is 21.1 Å². The second-order valence-electron chi connectivity index (χ2n) is 18.8. The fourth-order valence-electron chi connectivity index (χ4n) is 7.40. The number of carboxylic acids is 1. The molecule has 0 aliphatic heterocycles. The Hall–Kier alpha value is -2.23. The monoisotopic (exact) mass is 879 g/mol. The number of aliphatic carboxylic acids is 1. The summed E-state index contributed by atoms with van der Waals surface area (Å²) in [4.78, 5) is 37.2. The Morgan fingerprint density at radius 3 is 1.31 bits per heavy atom. The van der Waals surface area contributed by atoms with E-state index in [1.165, 1.54) is 148 Å². The lowest BCUT2D eigenvalue weighted by Gasteiger charge is -2.25. The van der Waals surface area contributed by atoms with Gasteiger partial charge in [0.2, 0.25) is 0 Å². The summed E-state index contributed by atoms with van der Waals surface area (Å²) in [5, 5.41) is 9.66. The van der Waals surface area contributed by atoms with Gasteiger partial charge in [0.05, 0.1) is 34.4 Å². The van der Waals surface area contributed by atoms with Gasteiger partial charge in [0.25, 0.3) is 6.29 Å². The molecule has 0 aromatic rings. The van der Waals surface area contributed by atoms with Gasteiger partial charge in [-0.3, -0.25) is 9.59 Å². The van der Waals surface area contributed by atoms with E-state index >= 15 is 0 Å². The number of carboxylic acid groups (broad SMARTS) is 1. The first-order valence-electron chi connectivity index (χ1n) is 26.0. The molecule has 0 aliphatic rings. The van der Waals surface area contributed by atoms with E-state index in [0.717, 1.165) is 57.8 Å². The van der Waals surface area contributed by atoms with Gasteiger partial charge in [-0.15, -0.1) is 0 Å². The Morgan fingerprint density at radius 2 is 0.871 bits per heavy atom. The maximum absolute atomic E-state index is 12.8. The number of likely N-dealkylation sites (N-methyl/N-ethyl adjacent to an activating group) is 1. The molecule has 0 spiro atoms. The number of unbranched alkanes of at least 4 members (excludes halogenated alkanes) is 29. The first kappa shape index (κ1) is 59.8. The highest BCUT2D eigenvalue weighted by Gasteiger charge is 2.25. The summed E-state index contributed by atoms with van der Waals surface area (Å²) in [7, 11) is 5.96. The van der Waals surface area contributed by atoms with Crippen LogP contribution in [-0.2, 0) is 33.3 Å². The van der Waals surface area contributed by atoms with Crippen molar-refractivity contribution in [3.8, 4) is 0 Å². The van der Waals surface area contributed by atoms with Gasteiger partial charge in [0.1, 0.15) is 13.2 Å². The van der Waals surface area contributed by atoms with Crippen LogP contribution in [0.5, 0.6) is 0 Å². The maximum atomic E-state index is 12.8. The zero-order valence-electron chi connectivity index (χ0n) is 41.3. The molecular weight excluding hydrogens is 779 g/mol. The van der Waals surface area contributed by atoms with E-state index in [1.54, 1.807) is 0 Å². The fourth-order valence-corrected chi connectivity index (χ4v) is 7.40. The van der Waals surface area contributed by atoms with E-state index in [9.17, 15) is 19.5 Å². The summed E-state index contributed by atoms with van der Waals surface area (Å²) in [5.41, 5.74) is 0. The van der Waals surface area contributed by atoms with Crippen molar-refractivity contribution in [2.75, 3.05) is 47.5 Å². The normalized spacial score (nSPS) is 13.0. The summed E-state index contributed by atoms with van der Waals surface area (Å²) >= 11 is 0. The molecule has 0 bridgehead atoms. The van der Waals surface area contributed by atoms with Gasteiger partial charge in [-0.1, -0.05) is 205 Å². The molecule has 0 heterocycles. The lowest BCUT2D eigenvalue weighted by Crippen LogP contribution is -2.40. The highest BCUT2D eigenvalue weighted by atomic mass is 16.7. The van der Waals surface area contributed by atoms with Crippen LogP contribution in [0.3, 0.4) is 0 Å². The molecule has 1 N–H and O–H groups in total. The first-order chi connectivity index (χ1) is 30.1. The third kappa shape index (κ3) is 45.8. The largest absolute Gasteiger partial charge is 0.477 e. The number of ether oxygens (including phenoxy) is 4. The molecule has 0 aromatic carbocycles. The Morgan fingerprint density at radius 1 is 0.484 bits per heavy atom. The number of hydrogen-bond acceptors (Lipinski definition) is 7. The maximum Gasteiger partial charge on any atom is 0.361 e. The molecule has 0 fully saturated rings. The summed E-state index contributed by atoms with van der Waals surface area (Å²) in [6.07, 6.45) is 48.2. The van der Waals surface area contributed by atoms with Crippen LogP contribution >= 0.6 is 0 Å². The summed E-state index contributed by atoms with van der Waals surface area (Å²) < 4.78 is 22.8. The molecule has 0 saturated heterocycles. The fraction of sp³-hybridized carbons (Fsp3) is 0.868. The Bertz CT molecular complexity index is 1070. The third-order valence-corrected chi connectivity index (χ3v) is 11.5. The quantitative estimate of drug-likeness (QED) is 0.0212. The highest BCUT2D eigenvalue weighted by molar-refractivity contribution is 5.71. The van der Waals surface area contributed by atoms with Gasteiger partial charge < -0.3 is 28.5 Å². The lowest BCUT2D eigenvalue weighted by atomic mass is 10.0. The van der Waals surface area contributed by atoms with Gasteiger partial charge in [-0.25, -0.2) is 4.79 Å². The van der Waals surface area contributed by atoms with Crippen molar-refractivity contribution in [1.82, 2.24) is 0 Å². The van der Waals surface area contributed by atoms with E-state index in [-0.39, 0.29) is 32.2 Å². The highest BCUT2D eigenvalue weighted by Crippen LogP contribution is 2.16. The SMILES string of the molecule is CCCCC/C=C\C/C=C\CCCCCCCC(=O)OC(COC(=O)CCCCCCCCCCCCCCCCCCCCCCCC)COC(OCC[N+](C)(C)C)C(=O)O. The van der Waals surface area contributed by atoms with Crippen LogP contribution in [-0.4, -0.2) is 87.4 Å². The first-order valence-corrected chi connectivity index (χ1v) is 26.0. The number of carbonyl (C=O) groups is 3. The molecule has 2 atom stereocenters. The van der Waals surface area contributed by atoms with Crippen molar-refractivity contribution in [2.24, 2.45) is 0 Å². The zero-order chi connectivity index (χ0) is 45.6. The molecule has 0 amide bonds. The number of hydrogen-bond donors (Lipinski definition) is 1. The van der Waals surface area contributed by atoms with Crippen LogP contribution in [0, 0.1) is 0 Å². The van der Waals surface area contributed by atoms with E-state index in [2.05, 4.69) is 38.2 Å². The topological polar surface area (TPSA) is 108 Å². The summed E-state index contributed by atoms with van der Waals surface area (Å²) in [6.45, 7) is 4.86. The van der Waals surface area contributed by atoms with E-state index in [0.29, 0.717) is 23.9 Å². The van der Waals surface area contributed by atoms with Crippen LogP contribution in [0.15, 0.2) is 24.3 Å². The van der Waals surface area contributed by atoms with Crippen LogP contribution in [0.25, 0.3) is 0 Å². The van der Waals surface area contributed by atoms with Crippen LogP contribution in [0.4, 0.5) is 0 Å². The standard InChI is InChI=1S/C53H99NO8/c1-6-8-10-12-14-16-18-20-22-23-24-25-26-27-28-30-31-33-35-37-39-41-43-50(55)60-47-49(48-61-53(52(57)58)59-46-45-54(3,4)5)62-51(56)44-42-40-38-36-34-32-29-21-19-17-15-13-11-9-7-2/h15,17,21,29,49,53H,6-14,16,18-20,22-28,30-48H2,1-5H3/p+1/b17-15-,29-21-. The Kier molecular flexibility index (Phi) is 43.7. The molecule has 0 rings (SSSR count). The molecule has 9 heteroatoms. The minimum atomic E-state index is -1.51. The van der Waals surface area contributed by atoms with Gasteiger partial charge in [-0.2, -0.15) is 0 Å². The minimum absolute atomic E-state index is 0.183. The van der Waals surface area contributed by atoms with Crippen molar-refractivity contribution in [3.63, 3.8) is 0 Å². The van der Waals surface area contributed by atoms with Gasteiger partial charge in [0, 0.05) is 12.8 Å². The predicted octanol–water partition coefficient (Wildman–Crippen LogP) is 14.4. The van der Waals surface area contributed by atoms with Gasteiger partial charge >= 0.3 is 17.9 Å².